The Bertz CT molecular complexity index is 812. The Hall–Kier alpha value is -3.09. The summed E-state index contributed by atoms with van der Waals surface area (Å²) < 4.78 is 5.30. The van der Waals surface area contributed by atoms with Crippen LogP contribution in [-0.4, -0.2) is 28.3 Å². The first-order chi connectivity index (χ1) is 12.9. The Morgan fingerprint density at radius 1 is 1.04 bits per heavy atom. The molecule has 134 valence electrons. The standard InChI is InChI=1S/C19H22N6O/c1-2-10-25(11-3-1)16-8-6-15(7-9-16)22-19-23-18(14-21-24-19)20-13-17-5-4-12-26-17/h4-9,12,14H,1-3,10-11,13H2,(H2,20,22,23,24). The molecule has 0 bridgehead atoms. The van der Waals surface area contributed by atoms with Crippen molar-refractivity contribution >= 4 is 23.1 Å². The summed E-state index contributed by atoms with van der Waals surface area (Å²) in [5, 5.41) is 14.4. The molecule has 1 aliphatic heterocycles. The highest BCUT2D eigenvalue weighted by molar-refractivity contribution is 5.59. The van der Waals surface area contributed by atoms with Gasteiger partial charge in [0.2, 0.25) is 5.95 Å². The first-order valence-electron chi connectivity index (χ1n) is 8.95. The lowest BCUT2D eigenvalue weighted by Crippen LogP contribution is -2.29. The zero-order chi connectivity index (χ0) is 17.6. The van der Waals surface area contributed by atoms with Gasteiger partial charge in [-0.05, 0) is 55.7 Å². The average molecular weight is 350 g/mol. The second-order valence-electron chi connectivity index (χ2n) is 6.32. The molecule has 7 heteroatoms. The van der Waals surface area contributed by atoms with E-state index in [2.05, 4.69) is 55.0 Å². The van der Waals surface area contributed by atoms with Gasteiger partial charge in [-0.3, -0.25) is 0 Å². The lowest BCUT2D eigenvalue weighted by atomic mass is 10.1. The van der Waals surface area contributed by atoms with Gasteiger partial charge in [-0.1, -0.05) is 0 Å². The predicted molar refractivity (Wildman–Crippen MR) is 102 cm³/mol. The van der Waals surface area contributed by atoms with Gasteiger partial charge in [0.05, 0.1) is 19.0 Å². The minimum Gasteiger partial charge on any atom is -0.467 e. The van der Waals surface area contributed by atoms with Gasteiger partial charge in [-0.25, -0.2) is 0 Å². The zero-order valence-corrected chi connectivity index (χ0v) is 14.6. The molecule has 0 aliphatic carbocycles. The van der Waals surface area contributed by atoms with Crippen LogP contribution in [0.25, 0.3) is 0 Å². The van der Waals surface area contributed by atoms with E-state index in [1.807, 2.05) is 12.1 Å². The monoisotopic (exact) mass is 350 g/mol. The van der Waals surface area contributed by atoms with Gasteiger partial charge in [0.15, 0.2) is 5.82 Å². The average Bonchev–Trinajstić information content (AvgIpc) is 3.22. The number of benzene rings is 1. The summed E-state index contributed by atoms with van der Waals surface area (Å²) in [6.45, 7) is 2.84. The molecular weight excluding hydrogens is 328 g/mol. The van der Waals surface area contributed by atoms with Gasteiger partial charge in [0, 0.05) is 24.5 Å². The molecule has 1 aromatic carbocycles. The van der Waals surface area contributed by atoms with E-state index in [9.17, 15) is 0 Å². The third-order valence-corrected chi connectivity index (χ3v) is 4.43. The summed E-state index contributed by atoms with van der Waals surface area (Å²) in [4.78, 5) is 6.87. The van der Waals surface area contributed by atoms with Crippen LogP contribution in [0.4, 0.5) is 23.1 Å². The van der Waals surface area contributed by atoms with Crippen molar-refractivity contribution in [3.05, 3.63) is 54.6 Å². The quantitative estimate of drug-likeness (QED) is 0.700. The fourth-order valence-corrected chi connectivity index (χ4v) is 3.07. The van der Waals surface area contributed by atoms with Crippen LogP contribution >= 0.6 is 0 Å². The first-order valence-corrected chi connectivity index (χ1v) is 8.95. The van der Waals surface area contributed by atoms with Crippen molar-refractivity contribution in [2.75, 3.05) is 28.6 Å². The lowest BCUT2D eigenvalue weighted by Gasteiger charge is -2.28. The normalized spacial score (nSPS) is 14.2. The number of hydrogen-bond acceptors (Lipinski definition) is 7. The Kier molecular flexibility index (Phi) is 4.95. The van der Waals surface area contributed by atoms with Crippen LogP contribution in [0.5, 0.6) is 0 Å². The summed E-state index contributed by atoms with van der Waals surface area (Å²) >= 11 is 0. The topological polar surface area (TPSA) is 79.1 Å². The molecule has 3 aromatic rings. The van der Waals surface area contributed by atoms with Crippen molar-refractivity contribution in [3.63, 3.8) is 0 Å². The zero-order valence-electron chi connectivity index (χ0n) is 14.6. The van der Waals surface area contributed by atoms with Crippen molar-refractivity contribution in [1.29, 1.82) is 0 Å². The number of furan rings is 1. The van der Waals surface area contributed by atoms with E-state index in [4.69, 9.17) is 4.42 Å². The number of piperidine rings is 1. The van der Waals surface area contributed by atoms with E-state index in [0.717, 1.165) is 24.5 Å². The molecule has 0 saturated carbocycles. The van der Waals surface area contributed by atoms with E-state index < -0.39 is 0 Å². The summed E-state index contributed by atoms with van der Waals surface area (Å²) in [6.07, 6.45) is 7.13. The van der Waals surface area contributed by atoms with Gasteiger partial charge >= 0.3 is 0 Å². The maximum absolute atomic E-state index is 5.30. The van der Waals surface area contributed by atoms with Crippen LogP contribution in [0, 0.1) is 0 Å². The van der Waals surface area contributed by atoms with E-state index in [-0.39, 0.29) is 0 Å². The minimum absolute atomic E-state index is 0.458. The summed E-state index contributed by atoms with van der Waals surface area (Å²) in [5.74, 6) is 1.94. The van der Waals surface area contributed by atoms with Crippen LogP contribution < -0.4 is 15.5 Å². The Labute approximate surface area is 152 Å². The summed E-state index contributed by atoms with van der Waals surface area (Å²) in [6, 6.07) is 12.1. The molecule has 7 nitrogen and oxygen atoms in total. The molecule has 3 heterocycles. The number of nitrogens with one attached hydrogen (secondary N) is 2. The van der Waals surface area contributed by atoms with Gasteiger partial charge in [0.1, 0.15) is 5.76 Å². The van der Waals surface area contributed by atoms with Crippen LogP contribution in [0.2, 0.25) is 0 Å². The number of anilines is 4. The molecule has 0 atom stereocenters. The Morgan fingerprint density at radius 3 is 2.65 bits per heavy atom. The van der Waals surface area contributed by atoms with Crippen molar-refractivity contribution < 1.29 is 4.42 Å². The van der Waals surface area contributed by atoms with E-state index in [1.165, 1.54) is 24.9 Å². The van der Waals surface area contributed by atoms with Crippen molar-refractivity contribution in [2.24, 2.45) is 0 Å². The third-order valence-electron chi connectivity index (χ3n) is 4.43. The van der Waals surface area contributed by atoms with Crippen LogP contribution in [-0.2, 0) is 6.54 Å². The fourth-order valence-electron chi connectivity index (χ4n) is 3.07. The molecule has 0 radical (unpaired) electrons. The number of rotatable bonds is 6. The summed E-state index contributed by atoms with van der Waals surface area (Å²) in [7, 11) is 0. The van der Waals surface area contributed by atoms with Crippen molar-refractivity contribution in [2.45, 2.75) is 25.8 Å². The fraction of sp³-hybridized carbons (Fsp3) is 0.316. The molecule has 4 rings (SSSR count). The number of hydrogen-bond donors (Lipinski definition) is 2. The molecule has 0 amide bonds. The third kappa shape index (κ3) is 4.11. The highest BCUT2D eigenvalue weighted by Gasteiger charge is 2.10. The highest BCUT2D eigenvalue weighted by atomic mass is 16.3. The Balaban J connectivity index is 1.38. The second kappa shape index (κ2) is 7.86. The highest BCUT2D eigenvalue weighted by Crippen LogP contribution is 2.23. The summed E-state index contributed by atoms with van der Waals surface area (Å²) in [5.41, 5.74) is 2.21. The molecule has 1 fully saturated rings. The van der Waals surface area contributed by atoms with Crippen LogP contribution in [0.15, 0.2) is 53.3 Å². The van der Waals surface area contributed by atoms with Gasteiger partial charge in [-0.15, -0.1) is 5.10 Å². The molecule has 2 aromatic heterocycles. The van der Waals surface area contributed by atoms with Crippen LogP contribution in [0.3, 0.4) is 0 Å². The molecule has 1 saturated heterocycles. The van der Waals surface area contributed by atoms with Gasteiger partial charge in [0.25, 0.3) is 0 Å². The maximum Gasteiger partial charge on any atom is 0.249 e. The lowest BCUT2D eigenvalue weighted by molar-refractivity contribution is 0.517. The predicted octanol–water partition coefficient (Wildman–Crippen LogP) is 3.81. The maximum atomic E-state index is 5.30. The molecule has 0 unspecified atom stereocenters. The van der Waals surface area contributed by atoms with Crippen molar-refractivity contribution in [3.8, 4) is 0 Å². The second-order valence-corrected chi connectivity index (χ2v) is 6.32. The van der Waals surface area contributed by atoms with E-state index in [0.29, 0.717) is 18.3 Å². The minimum atomic E-state index is 0.458. The number of nitrogens with zero attached hydrogens (tertiary/aromatic N) is 4. The smallest absolute Gasteiger partial charge is 0.249 e. The SMILES string of the molecule is c1coc(CNc2cnnc(Nc3ccc(N4CCCCC4)cc3)n2)c1. The van der Waals surface area contributed by atoms with E-state index >= 15 is 0 Å². The van der Waals surface area contributed by atoms with Gasteiger partial charge < -0.3 is 20.0 Å². The largest absolute Gasteiger partial charge is 0.467 e. The molecule has 2 N–H and O–H groups in total. The Morgan fingerprint density at radius 2 is 1.88 bits per heavy atom. The van der Waals surface area contributed by atoms with Crippen LogP contribution in [0.1, 0.15) is 25.0 Å². The van der Waals surface area contributed by atoms with Crippen molar-refractivity contribution in [1.82, 2.24) is 15.2 Å². The molecule has 26 heavy (non-hydrogen) atoms. The molecule has 0 spiro atoms. The first kappa shape index (κ1) is 16.4. The van der Waals surface area contributed by atoms with E-state index in [1.54, 1.807) is 12.5 Å². The number of aromatic nitrogens is 3. The molecular formula is C19H22N6O. The van der Waals surface area contributed by atoms with Gasteiger partial charge in [-0.2, -0.15) is 10.1 Å². The molecule has 1 aliphatic rings.